The summed E-state index contributed by atoms with van der Waals surface area (Å²) in [5.74, 6) is -0.138. The van der Waals surface area contributed by atoms with Crippen molar-refractivity contribution >= 4 is 33.9 Å². The molecular formula is C26H29BrFN9O4. The van der Waals surface area contributed by atoms with Gasteiger partial charge in [0.25, 0.3) is 5.91 Å². The fourth-order valence-corrected chi connectivity index (χ4v) is 4.42. The molecule has 0 unspecified atom stereocenters. The molecule has 0 fully saturated rings. The Morgan fingerprint density at radius 3 is 2.68 bits per heavy atom. The van der Waals surface area contributed by atoms with Crippen LogP contribution in [0.4, 0.5) is 10.2 Å². The second kappa shape index (κ2) is 13.8. The molecule has 1 amide bonds. The molecule has 0 radical (unpaired) electrons. The monoisotopic (exact) mass is 629 g/mol. The van der Waals surface area contributed by atoms with E-state index < -0.39 is 5.91 Å². The molecule has 4 aromatic rings. The number of nitrogens with two attached hydrogens (primary N) is 1. The number of aromatic nitrogens is 5. The van der Waals surface area contributed by atoms with Gasteiger partial charge in [-0.05, 0) is 70.0 Å². The van der Waals surface area contributed by atoms with Gasteiger partial charge >= 0.3 is 0 Å². The van der Waals surface area contributed by atoms with Crippen molar-refractivity contribution in [3.05, 3.63) is 69.2 Å². The van der Waals surface area contributed by atoms with Crippen molar-refractivity contribution in [2.24, 2.45) is 5.10 Å². The number of benzene rings is 2. The number of nitrogens with one attached hydrogen (secondary N) is 1. The van der Waals surface area contributed by atoms with Crippen LogP contribution in [0.1, 0.15) is 48.1 Å². The first kappa shape index (κ1) is 29.6. The number of halogens is 2. The quantitative estimate of drug-likeness (QED) is 0.165. The second-order valence-electron chi connectivity index (χ2n) is 8.57. The van der Waals surface area contributed by atoms with E-state index in [-0.39, 0.29) is 29.8 Å². The maximum Gasteiger partial charge on any atom is 0.292 e. The van der Waals surface area contributed by atoms with Crippen LogP contribution in [0, 0.1) is 5.82 Å². The SMILES string of the molecule is CCOc1cc(/C=N/NC(=O)c2c(CN(CC)CC)nnn2-c2nonc2N)cc(Br)c1OCc1ccccc1F. The zero-order chi connectivity index (χ0) is 29.4. The number of nitrogen functional groups attached to an aromatic ring is 1. The van der Waals surface area contributed by atoms with Crippen LogP contribution in [-0.2, 0) is 13.2 Å². The van der Waals surface area contributed by atoms with Crippen molar-refractivity contribution in [1.29, 1.82) is 0 Å². The van der Waals surface area contributed by atoms with Gasteiger partial charge in [0, 0.05) is 12.1 Å². The summed E-state index contributed by atoms with van der Waals surface area (Å²) in [5, 5.41) is 19.6. The van der Waals surface area contributed by atoms with Crippen molar-refractivity contribution in [1.82, 2.24) is 35.6 Å². The molecule has 0 aliphatic carbocycles. The van der Waals surface area contributed by atoms with E-state index in [0.29, 0.717) is 45.9 Å². The van der Waals surface area contributed by atoms with Crippen LogP contribution in [-0.4, -0.2) is 62.0 Å². The van der Waals surface area contributed by atoms with Crippen LogP contribution < -0.4 is 20.6 Å². The van der Waals surface area contributed by atoms with Crippen LogP contribution in [0.3, 0.4) is 0 Å². The number of nitrogens with zero attached hydrogens (tertiary/aromatic N) is 7. The third-order valence-corrected chi connectivity index (χ3v) is 6.55. The van der Waals surface area contributed by atoms with E-state index >= 15 is 0 Å². The van der Waals surface area contributed by atoms with Gasteiger partial charge in [-0.2, -0.15) is 9.78 Å². The van der Waals surface area contributed by atoms with E-state index in [0.717, 1.165) is 13.1 Å². The molecule has 2 heterocycles. The van der Waals surface area contributed by atoms with Gasteiger partial charge in [0.05, 0.1) is 17.3 Å². The van der Waals surface area contributed by atoms with E-state index in [1.165, 1.54) is 17.0 Å². The molecule has 2 aromatic heterocycles. The van der Waals surface area contributed by atoms with E-state index in [2.05, 4.69) is 56.6 Å². The van der Waals surface area contributed by atoms with Gasteiger partial charge < -0.3 is 15.2 Å². The Labute approximate surface area is 243 Å². The molecule has 15 heteroatoms. The lowest BCUT2D eigenvalue weighted by atomic mass is 10.2. The van der Waals surface area contributed by atoms with Crippen molar-refractivity contribution in [3.8, 4) is 17.3 Å². The Bertz CT molecular complexity index is 1520. The normalized spacial score (nSPS) is 11.4. The second-order valence-corrected chi connectivity index (χ2v) is 9.43. The fourth-order valence-electron chi connectivity index (χ4n) is 3.84. The molecule has 2 aromatic carbocycles. The number of hydrazone groups is 1. The van der Waals surface area contributed by atoms with Gasteiger partial charge in [-0.15, -0.1) is 5.10 Å². The van der Waals surface area contributed by atoms with Crippen LogP contribution in [0.5, 0.6) is 11.5 Å². The lowest BCUT2D eigenvalue weighted by molar-refractivity contribution is 0.0945. The Morgan fingerprint density at radius 2 is 2.00 bits per heavy atom. The summed E-state index contributed by atoms with van der Waals surface area (Å²) in [6.07, 6.45) is 1.44. The van der Waals surface area contributed by atoms with Gasteiger partial charge in [0.15, 0.2) is 17.2 Å². The summed E-state index contributed by atoms with van der Waals surface area (Å²) in [6, 6.07) is 9.80. The van der Waals surface area contributed by atoms with Crippen LogP contribution in [0.15, 0.2) is 50.6 Å². The van der Waals surface area contributed by atoms with E-state index in [1.807, 2.05) is 20.8 Å². The minimum Gasteiger partial charge on any atom is -0.490 e. The fraction of sp³-hybridized carbons (Fsp3) is 0.308. The van der Waals surface area contributed by atoms with Crippen LogP contribution in [0.25, 0.3) is 5.82 Å². The number of ether oxygens (including phenoxy) is 2. The lowest BCUT2D eigenvalue weighted by Crippen LogP contribution is -2.27. The summed E-state index contributed by atoms with van der Waals surface area (Å²) in [7, 11) is 0. The highest BCUT2D eigenvalue weighted by Crippen LogP contribution is 2.37. The lowest BCUT2D eigenvalue weighted by Gasteiger charge is -2.16. The van der Waals surface area contributed by atoms with Crippen molar-refractivity contribution in [3.63, 3.8) is 0 Å². The predicted molar refractivity (Wildman–Crippen MR) is 151 cm³/mol. The molecule has 0 atom stereocenters. The molecule has 0 aliphatic rings. The first-order valence-corrected chi connectivity index (χ1v) is 13.6. The van der Waals surface area contributed by atoms with Gasteiger partial charge in [-0.3, -0.25) is 9.69 Å². The van der Waals surface area contributed by atoms with Gasteiger partial charge in [0.2, 0.25) is 11.6 Å². The number of anilines is 1. The Balaban J connectivity index is 1.55. The smallest absolute Gasteiger partial charge is 0.292 e. The highest BCUT2D eigenvalue weighted by molar-refractivity contribution is 9.10. The third-order valence-electron chi connectivity index (χ3n) is 5.96. The number of hydrogen-bond acceptors (Lipinski definition) is 11. The summed E-state index contributed by atoms with van der Waals surface area (Å²) >= 11 is 3.49. The number of amides is 1. The molecule has 0 saturated carbocycles. The third kappa shape index (κ3) is 7.05. The van der Waals surface area contributed by atoms with Gasteiger partial charge in [0.1, 0.15) is 18.1 Å². The van der Waals surface area contributed by atoms with Gasteiger partial charge in [-0.1, -0.05) is 37.3 Å². The molecule has 3 N–H and O–H groups in total. The summed E-state index contributed by atoms with van der Waals surface area (Å²) in [5.41, 5.74) is 9.84. The predicted octanol–water partition coefficient (Wildman–Crippen LogP) is 3.72. The highest BCUT2D eigenvalue weighted by Gasteiger charge is 2.26. The Morgan fingerprint density at radius 1 is 1.22 bits per heavy atom. The minimum absolute atomic E-state index is 0.0118. The number of carbonyl (C=O) groups excluding carboxylic acids is 1. The summed E-state index contributed by atoms with van der Waals surface area (Å²) < 4.78 is 32.1. The van der Waals surface area contributed by atoms with Crippen molar-refractivity contribution < 1.29 is 23.3 Å². The molecule has 13 nitrogen and oxygen atoms in total. The largest absolute Gasteiger partial charge is 0.490 e. The van der Waals surface area contributed by atoms with Crippen LogP contribution in [0.2, 0.25) is 0 Å². The Kier molecular flexibility index (Phi) is 9.97. The zero-order valence-electron chi connectivity index (χ0n) is 22.7. The number of hydrogen-bond donors (Lipinski definition) is 2. The molecule has 41 heavy (non-hydrogen) atoms. The van der Waals surface area contributed by atoms with Crippen molar-refractivity contribution in [2.75, 3.05) is 25.4 Å². The molecule has 216 valence electrons. The molecule has 0 aliphatic heterocycles. The number of rotatable bonds is 13. The molecule has 0 saturated heterocycles. The van der Waals surface area contributed by atoms with E-state index in [4.69, 9.17) is 15.2 Å². The minimum atomic E-state index is -0.593. The topological polar surface area (TPSA) is 159 Å². The molecule has 4 rings (SSSR count). The highest BCUT2D eigenvalue weighted by atomic mass is 79.9. The first-order valence-electron chi connectivity index (χ1n) is 12.8. The standard InChI is InChI=1S/C26H29BrFN9O4/c1-4-36(5-2)14-20-22(37(35-31-20)25-24(29)33-41-34-25)26(38)32-30-13-16-11-18(27)23(21(12-16)39-6-3)40-15-17-9-7-8-10-19(17)28/h7-13H,4-6,14-15H2,1-3H3,(H2,29,33)(H,32,38)/b30-13+. The van der Waals surface area contributed by atoms with Gasteiger partial charge in [-0.25, -0.2) is 14.4 Å². The maximum atomic E-state index is 14.1. The van der Waals surface area contributed by atoms with Crippen LogP contribution >= 0.6 is 15.9 Å². The molecular weight excluding hydrogens is 601 g/mol. The van der Waals surface area contributed by atoms with E-state index in [1.54, 1.807) is 30.3 Å². The average Bonchev–Trinajstić information content (AvgIpc) is 3.57. The summed E-state index contributed by atoms with van der Waals surface area (Å²) in [6.45, 7) is 8.07. The van der Waals surface area contributed by atoms with Crippen molar-refractivity contribution in [2.45, 2.75) is 33.9 Å². The zero-order valence-corrected chi connectivity index (χ0v) is 24.3. The maximum absolute atomic E-state index is 14.1. The average molecular weight is 630 g/mol. The first-order chi connectivity index (χ1) is 19.9. The number of carbonyl (C=O) groups is 1. The summed E-state index contributed by atoms with van der Waals surface area (Å²) in [4.78, 5) is 15.4. The van der Waals surface area contributed by atoms with E-state index in [9.17, 15) is 9.18 Å². The molecule has 0 spiro atoms. The Hall–Kier alpha value is -4.37. The molecule has 0 bridgehead atoms.